The number of rotatable bonds is 4. The van der Waals surface area contributed by atoms with Crippen LogP contribution in [-0.4, -0.2) is 42.0 Å². The molecule has 0 bridgehead atoms. The molecule has 3 aliphatic rings. The molecule has 3 heterocycles. The summed E-state index contributed by atoms with van der Waals surface area (Å²) in [5.41, 5.74) is 2.64. The van der Waals surface area contributed by atoms with E-state index in [0.717, 1.165) is 11.1 Å². The maximum absolute atomic E-state index is 13.9. The zero-order valence-electron chi connectivity index (χ0n) is 18.4. The topological polar surface area (TPSA) is 79.3 Å². The van der Waals surface area contributed by atoms with Gasteiger partial charge in [-0.15, -0.1) is 0 Å². The molecule has 6 rings (SSSR count). The number of hydrogen-bond donors (Lipinski definition) is 0. The average molecular weight is 451 g/mol. The lowest BCUT2D eigenvalue weighted by molar-refractivity contribution is -0.124. The van der Waals surface area contributed by atoms with Crippen molar-refractivity contribution in [3.05, 3.63) is 95.6 Å². The van der Waals surface area contributed by atoms with Crippen LogP contribution in [0.4, 0.5) is 5.69 Å². The van der Waals surface area contributed by atoms with E-state index in [0.29, 0.717) is 17.0 Å². The van der Waals surface area contributed by atoms with E-state index in [2.05, 4.69) is 5.10 Å². The molecule has 0 aromatic heterocycles. The van der Waals surface area contributed by atoms with Gasteiger partial charge in [0.15, 0.2) is 5.78 Å². The maximum Gasteiger partial charge on any atom is 0.240 e. The van der Waals surface area contributed by atoms with Crippen LogP contribution in [0.5, 0.6) is 5.75 Å². The van der Waals surface area contributed by atoms with Crippen LogP contribution in [0.3, 0.4) is 0 Å². The maximum atomic E-state index is 13.9. The third kappa shape index (κ3) is 2.76. The number of benzene rings is 3. The van der Waals surface area contributed by atoms with Crippen LogP contribution >= 0.6 is 0 Å². The summed E-state index contributed by atoms with van der Waals surface area (Å²) in [6, 6.07) is 22.1. The van der Waals surface area contributed by atoms with Gasteiger partial charge in [-0.25, -0.2) is 4.90 Å². The Morgan fingerprint density at radius 2 is 1.53 bits per heavy atom. The van der Waals surface area contributed by atoms with Crippen molar-refractivity contribution in [1.29, 1.82) is 0 Å². The molecular weight excluding hydrogens is 430 g/mol. The minimum Gasteiger partial charge on any atom is -0.495 e. The first-order valence-electron chi connectivity index (χ1n) is 11.1. The van der Waals surface area contributed by atoms with Crippen molar-refractivity contribution < 1.29 is 19.1 Å². The number of carbonyl (C=O) groups excluding carboxylic acids is 3. The molecule has 0 N–H and O–H groups in total. The normalized spacial score (nSPS) is 24.6. The SMILES string of the molecule is COc1ccccc1N1C(=O)[C@@H]2[C@H](C1=O)C1c3ccccc3C=NN1[C@@H]2C(=O)c1ccccc1. The second kappa shape index (κ2) is 7.66. The number of hydrogen-bond acceptors (Lipinski definition) is 6. The number of anilines is 1. The molecule has 3 aromatic rings. The lowest BCUT2D eigenvalue weighted by Crippen LogP contribution is -2.44. The molecule has 0 radical (unpaired) electrons. The summed E-state index contributed by atoms with van der Waals surface area (Å²) in [5, 5.41) is 6.25. The van der Waals surface area contributed by atoms with Crippen molar-refractivity contribution in [2.45, 2.75) is 12.1 Å². The van der Waals surface area contributed by atoms with Crippen LogP contribution in [0, 0.1) is 11.8 Å². The van der Waals surface area contributed by atoms with E-state index in [4.69, 9.17) is 4.74 Å². The highest BCUT2D eigenvalue weighted by Gasteiger charge is 2.65. The second-order valence-corrected chi connectivity index (χ2v) is 8.61. The third-order valence-corrected chi connectivity index (χ3v) is 6.95. The first-order chi connectivity index (χ1) is 16.6. The lowest BCUT2D eigenvalue weighted by Gasteiger charge is -2.33. The summed E-state index contributed by atoms with van der Waals surface area (Å²) < 4.78 is 5.44. The van der Waals surface area contributed by atoms with Gasteiger partial charge in [-0.05, 0) is 23.3 Å². The Kier molecular flexibility index (Phi) is 4.58. The first kappa shape index (κ1) is 20.4. The molecular formula is C27H21N3O4. The van der Waals surface area contributed by atoms with Crippen LogP contribution in [0.15, 0.2) is 84.0 Å². The molecule has 2 amide bonds. The summed E-state index contributed by atoms with van der Waals surface area (Å²) in [5.74, 6) is -2.15. The van der Waals surface area contributed by atoms with E-state index in [1.807, 2.05) is 30.3 Å². The van der Waals surface area contributed by atoms with Crippen LogP contribution in [0.2, 0.25) is 0 Å². The number of ether oxygens (including phenoxy) is 1. The van der Waals surface area contributed by atoms with Gasteiger partial charge in [0.1, 0.15) is 11.8 Å². The number of hydrazone groups is 1. The number of amides is 2. The van der Waals surface area contributed by atoms with Gasteiger partial charge in [-0.2, -0.15) is 5.10 Å². The number of nitrogens with zero attached hydrogens (tertiary/aromatic N) is 3. The fourth-order valence-corrected chi connectivity index (χ4v) is 5.49. The molecule has 3 aliphatic heterocycles. The fourth-order valence-electron chi connectivity index (χ4n) is 5.49. The van der Waals surface area contributed by atoms with Gasteiger partial charge in [-0.1, -0.05) is 66.7 Å². The van der Waals surface area contributed by atoms with E-state index in [9.17, 15) is 14.4 Å². The molecule has 2 saturated heterocycles. The zero-order valence-corrected chi connectivity index (χ0v) is 18.4. The monoisotopic (exact) mass is 451 g/mol. The van der Waals surface area contributed by atoms with Crippen LogP contribution < -0.4 is 9.64 Å². The standard InChI is InChI=1S/C27H21N3O4/c1-34-20-14-8-7-13-19(20)29-26(32)21-22(27(29)33)24(25(31)16-9-3-2-4-10-16)30-23(21)18-12-6-5-11-17(18)15-28-30/h2-15,21-24H,1H3/t21-,22+,23?,24-/m0/s1. The fraction of sp³-hybridized carbons (Fsp3) is 0.185. The molecule has 34 heavy (non-hydrogen) atoms. The zero-order chi connectivity index (χ0) is 23.4. The van der Waals surface area contributed by atoms with Gasteiger partial charge >= 0.3 is 0 Å². The molecule has 0 spiro atoms. The molecule has 2 fully saturated rings. The molecule has 4 atom stereocenters. The van der Waals surface area contributed by atoms with Gasteiger partial charge in [-0.3, -0.25) is 19.4 Å². The largest absolute Gasteiger partial charge is 0.495 e. The van der Waals surface area contributed by atoms with Crippen molar-refractivity contribution in [1.82, 2.24) is 5.01 Å². The summed E-state index contributed by atoms with van der Waals surface area (Å²) in [7, 11) is 1.50. The highest BCUT2D eigenvalue weighted by atomic mass is 16.5. The van der Waals surface area contributed by atoms with Crippen molar-refractivity contribution in [3.63, 3.8) is 0 Å². The molecule has 0 saturated carbocycles. The second-order valence-electron chi connectivity index (χ2n) is 8.61. The average Bonchev–Trinajstić information content (AvgIpc) is 3.36. The summed E-state index contributed by atoms with van der Waals surface area (Å²) >= 11 is 0. The van der Waals surface area contributed by atoms with Crippen molar-refractivity contribution in [2.24, 2.45) is 16.9 Å². The summed E-state index contributed by atoms with van der Waals surface area (Å²) in [6.45, 7) is 0. The van der Waals surface area contributed by atoms with Crippen molar-refractivity contribution >= 4 is 29.5 Å². The number of para-hydroxylation sites is 2. The van der Waals surface area contributed by atoms with Crippen LogP contribution in [-0.2, 0) is 9.59 Å². The quantitative estimate of drug-likeness (QED) is 0.448. The Labute approximate surface area is 196 Å². The van der Waals surface area contributed by atoms with Gasteiger partial charge in [0, 0.05) is 5.56 Å². The van der Waals surface area contributed by atoms with E-state index in [-0.39, 0.29) is 11.7 Å². The van der Waals surface area contributed by atoms with Gasteiger partial charge in [0.2, 0.25) is 11.8 Å². The Bertz CT molecular complexity index is 1350. The predicted molar refractivity (Wildman–Crippen MR) is 126 cm³/mol. The van der Waals surface area contributed by atoms with Crippen molar-refractivity contribution in [2.75, 3.05) is 12.0 Å². The Hall–Kier alpha value is -4.26. The number of imide groups is 1. The number of fused-ring (bicyclic) bond motifs is 5. The molecule has 7 heteroatoms. The highest BCUT2D eigenvalue weighted by molar-refractivity contribution is 6.25. The van der Waals surface area contributed by atoms with Crippen molar-refractivity contribution in [3.8, 4) is 5.75 Å². The smallest absolute Gasteiger partial charge is 0.240 e. The number of ketones is 1. The molecule has 0 aliphatic carbocycles. The van der Waals surface area contributed by atoms with E-state index in [1.165, 1.54) is 12.0 Å². The first-order valence-corrected chi connectivity index (χ1v) is 11.1. The van der Waals surface area contributed by atoms with Crippen LogP contribution in [0.25, 0.3) is 0 Å². The minimum absolute atomic E-state index is 0.224. The van der Waals surface area contributed by atoms with E-state index < -0.39 is 29.8 Å². The highest BCUT2D eigenvalue weighted by Crippen LogP contribution is 2.53. The van der Waals surface area contributed by atoms with E-state index >= 15 is 0 Å². The van der Waals surface area contributed by atoms with Gasteiger partial charge in [0.25, 0.3) is 0 Å². The van der Waals surface area contributed by atoms with Gasteiger partial charge in [0.05, 0.1) is 36.9 Å². The molecule has 3 aromatic carbocycles. The Morgan fingerprint density at radius 3 is 2.32 bits per heavy atom. The number of carbonyl (C=O) groups is 3. The molecule has 168 valence electrons. The van der Waals surface area contributed by atoms with Gasteiger partial charge < -0.3 is 4.74 Å². The summed E-state index contributed by atoms with van der Waals surface area (Å²) in [6.07, 6.45) is 1.70. The molecule has 7 nitrogen and oxygen atoms in total. The Morgan fingerprint density at radius 1 is 0.853 bits per heavy atom. The molecule has 1 unspecified atom stereocenters. The van der Waals surface area contributed by atoms with E-state index in [1.54, 1.807) is 59.8 Å². The number of Topliss-reactive ketones (excluding diaryl/α,β-unsaturated/α-hetero) is 1. The lowest BCUT2D eigenvalue weighted by atomic mass is 9.83. The predicted octanol–water partition coefficient (Wildman–Crippen LogP) is 3.46. The Balaban J connectivity index is 1.52. The third-order valence-electron chi connectivity index (χ3n) is 6.95. The minimum atomic E-state index is -0.891. The number of methoxy groups -OCH3 is 1. The van der Waals surface area contributed by atoms with Crippen LogP contribution in [0.1, 0.15) is 27.5 Å². The summed E-state index contributed by atoms with van der Waals surface area (Å²) in [4.78, 5) is 42.7.